The van der Waals surface area contributed by atoms with Crippen molar-refractivity contribution in [3.05, 3.63) is 0 Å². The minimum absolute atomic E-state index is 0.00406. The Morgan fingerprint density at radius 1 is 1.28 bits per heavy atom. The second kappa shape index (κ2) is 6.06. The molecule has 0 saturated heterocycles. The number of alkyl halides is 3. The summed E-state index contributed by atoms with van der Waals surface area (Å²) in [7, 11) is 0. The summed E-state index contributed by atoms with van der Waals surface area (Å²) in [5.41, 5.74) is -1.67. The molecule has 7 heteroatoms. The highest BCUT2D eigenvalue weighted by molar-refractivity contribution is 5.90. The SMILES string of the molecule is CCC(C)OC(=O)C(C)(CC)NC(=O)C(F)(F)F. The zero-order valence-electron chi connectivity index (χ0n) is 10.9. The molecule has 0 saturated carbocycles. The van der Waals surface area contributed by atoms with Crippen LogP contribution in [0.25, 0.3) is 0 Å². The maximum atomic E-state index is 12.1. The Labute approximate surface area is 104 Å². The summed E-state index contributed by atoms with van der Waals surface area (Å²) in [4.78, 5) is 22.6. The monoisotopic (exact) mass is 269 g/mol. The van der Waals surface area contributed by atoms with Crippen molar-refractivity contribution in [1.29, 1.82) is 0 Å². The Balaban J connectivity index is 4.81. The maximum absolute atomic E-state index is 12.1. The van der Waals surface area contributed by atoms with Gasteiger partial charge in [0.25, 0.3) is 0 Å². The third kappa shape index (κ3) is 4.54. The molecule has 18 heavy (non-hydrogen) atoms. The summed E-state index contributed by atoms with van der Waals surface area (Å²) in [6.45, 7) is 6.10. The number of halogens is 3. The highest BCUT2D eigenvalue weighted by atomic mass is 19.4. The molecule has 0 aliphatic heterocycles. The van der Waals surface area contributed by atoms with Crippen molar-refractivity contribution in [1.82, 2.24) is 5.32 Å². The number of esters is 1. The average Bonchev–Trinajstić information content (AvgIpc) is 2.27. The predicted molar refractivity (Wildman–Crippen MR) is 58.7 cm³/mol. The lowest BCUT2D eigenvalue weighted by Gasteiger charge is -2.29. The molecular formula is C11H18F3NO3. The molecule has 4 nitrogen and oxygen atoms in total. The van der Waals surface area contributed by atoms with E-state index in [9.17, 15) is 22.8 Å². The average molecular weight is 269 g/mol. The van der Waals surface area contributed by atoms with Crippen LogP contribution in [0.5, 0.6) is 0 Å². The van der Waals surface area contributed by atoms with Crippen LogP contribution in [0.2, 0.25) is 0 Å². The van der Waals surface area contributed by atoms with Crippen LogP contribution in [0, 0.1) is 0 Å². The minimum atomic E-state index is -5.02. The van der Waals surface area contributed by atoms with Crippen molar-refractivity contribution >= 4 is 11.9 Å². The van der Waals surface area contributed by atoms with Gasteiger partial charge in [-0.2, -0.15) is 13.2 Å². The number of rotatable bonds is 5. The summed E-state index contributed by atoms with van der Waals surface area (Å²) in [5.74, 6) is -3.01. The van der Waals surface area contributed by atoms with Gasteiger partial charge in [0.05, 0.1) is 6.10 Å². The first kappa shape index (κ1) is 16.7. The van der Waals surface area contributed by atoms with E-state index in [1.54, 1.807) is 19.2 Å². The Kier molecular flexibility index (Phi) is 5.63. The lowest BCUT2D eigenvalue weighted by Crippen LogP contribution is -2.56. The lowest BCUT2D eigenvalue weighted by molar-refractivity contribution is -0.179. The maximum Gasteiger partial charge on any atom is 0.471 e. The third-order valence-corrected chi connectivity index (χ3v) is 2.69. The van der Waals surface area contributed by atoms with Crippen molar-refractivity contribution in [2.45, 2.75) is 58.4 Å². The van der Waals surface area contributed by atoms with Gasteiger partial charge in [-0.05, 0) is 26.7 Å². The van der Waals surface area contributed by atoms with Gasteiger partial charge in [0, 0.05) is 0 Å². The molecule has 0 radical (unpaired) electrons. The number of carbonyl (C=O) groups excluding carboxylic acids is 2. The van der Waals surface area contributed by atoms with Gasteiger partial charge in [0.15, 0.2) is 0 Å². The Bertz CT molecular complexity index is 317. The number of amides is 1. The van der Waals surface area contributed by atoms with Crippen molar-refractivity contribution in [3.8, 4) is 0 Å². The smallest absolute Gasteiger partial charge is 0.461 e. The molecule has 0 aromatic rings. The first-order valence-electron chi connectivity index (χ1n) is 5.67. The molecule has 0 fully saturated rings. The van der Waals surface area contributed by atoms with Crippen LogP contribution < -0.4 is 5.32 Å². The first-order chi connectivity index (χ1) is 8.06. The summed E-state index contributed by atoms with van der Waals surface area (Å²) >= 11 is 0. The number of hydrogen-bond donors (Lipinski definition) is 1. The second-order valence-electron chi connectivity index (χ2n) is 4.26. The molecule has 0 heterocycles. The van der Waals surface area contributed by atoms with Gasteiger partial charge in [-0.3, -0.25) is 4.79 Å². The number of nitrogens with one attached hydrogen (secondary N) is 1. The number of carbonyl (C=O) groups is 2. The summed E-state index contributed by atoms with van der Waals surface area (Å²) in [6, 6.07) is 0. The Morgan fingerprint density at radius 2 is 1.78 bits per heavy atom. The topological polar surface area (TPSA) is 55.4 Å². The zero-order valence-corrected chi connectivity index (χ0v) is 10.9. The lowest BCUT2D eigenvalue weighted by atomic mass is 9.99. The first-order valence-corrected chi connectivity index (χ1v) is 5.67. The van der Waals surface area contributed by atoms with Crippen LogP contribution in [0.4, 0.5) is 13.2 Å². The van der Waals surface area contributed by atoms with E-state index in [1.165, 1.54) is 13.8 Å². The third-order valence-electron chi connectivity index (χ3n) is 2.69. The quantitative estimate of drug-likeness (QED) is 0.778. The van der Waals surface area contributed by atoms with Gasteiger partial charge in [-0.25, -0.2) is 4.79 Å². The molecule has 0 aliphatic rings. The molecule has 106 valence electrons. The van der Waals surface area contributed by atoms with Crippen molar-refractivity contribution < 1.29 is 27.5 Å². The van der Waals surface area contributed by atoms with Gasteiger partial charge >= 0.3 is 18.1 Å². The van der Waals surface area contributed by atoms with Crippen LogP contribution in [0.1, 0.15) is 40.5 Å². The molecule has 0 aromatic carbocycles. The molecule has 2 atom stereocenters. The van der Waals surface area contributed by atoms with E-state index in [1.807, 2.05) is 0 Å². The molecule has 1 N–H and O–H groups in total. The summed E-state index contributed by atoms with van der Waals surface area (Å²) in [5, 5.41) is 1.67. The van der Waals surface area contributed by atoms with Crippen molar-refractivity contribution in [2.75, 3.05) is 0 Å². The highest BCUT2D eigenvalue weighted by Gasteiger charge is 2.45. The largest absolute Gasteiger partial charge is 0.471 e. The number of ether oxygens (including phenoxy) is 1. The van der Waals surface area contributed by atoms with Gasteiger partial charge in [-0.15, -0.1) is 0 Å². The molecule has 2 unspecified atom stereocenters. The fraction of sp³-hybridized carbons (Fsp3) is 0.818. The molecule has 0 aliphatic carbocycles. The van der Waals surface area contributed by atoms with Crippen LogP contribution in [0.15, 0.2) is 0 Å². The van der Waals surface area contributed by atoms with Gasteiger partial charge in [-0.1, -0.05) is 13.8 Å². The van der Waals surface area contributed by atoms with Crippen LogP contribution in [0.3, 0.4) is 0 Å². The van der Waals surface area contributed by atoms with E-state index >= 15 is 0 Å². The van der Waals surface area contributed by atoms with Crippen LogP contribution in [-0.2, 0) is 14.3 Å². The standard InChI is InChI=1S/C11H18F3NO3/c1-5-7(3)18-9(17)10(4,6-2)15-8(16)11(12,13)14/h7H,5-6H2,1-4H3,(H,15,16). The molecule has 0 bridgehead atoms. The molecule has 0 spiro atoms. The molecule has 0 rings (SSSR count). The normalized spacial score (nSPS) is 16.6. The summed E-state index contributed by atoms with van der Waals surface area (Å²) < 4.78 is 41.4. The van der Waals surface area contributed by atoms with E-state index in [0.717, 1.165) is 0 Å². The van der Waals surface area contributed by atoms with Crippen molar-refractivity contribution in [3.63, 3.8) is 0 Å². The van der Waals surface area contributed by atoms with Crippen LogP contribution >= 0.6 is 0 Å². The van der Waals surface area contributed by atoms with Crippen LogP contribution in [-0.4, -0.2) is 29.7 Å². The highest BCUT2D eigenvalue weighted by Crippen LogP contribution is 2.19. The van der Waals surface area contributed by atoms with Gasteiger partial charge in [0.2, 0.25) is 0 Å². The van der Waals surface area contributed by atoms with E-state index < -0.39 is 29.7 Å². The molecule has 0 aromatic heterocycles. The Hall–Kier alpha value is -1.27. The number of hydrogen-bond acceptors (Lipinski definition) is 3. The predicted octanol–water partition coefficient (Wildman–Crippen LogP) is 2.18. The fourth-order valence-electron chi connectivity index (χ4n) is 1.00. The van der Waals surface area contributed by atoms with E-state index in [2.05, 4.69) is 0 Å². The fourth-order valence-corrected chi connectivity index (χ4v) is 1.00. The van der Waals surface area contributed by atoms with Gasteiger partial charge in [0.1, 0.15) is 5.54 Å². The van der Waals surface area contributed by atoms with E-state index in [0.29, 0.717) is 6.42 Å². The summed E-state index contributed by atoms with van der Waals surface area (Å²) in [6.07, 6.45) is -4.89. The molecular weight excluding hydrogens is 251 g/mol. The van der Waals surface area contributed by atoms with E-state index in [-0.39, 0.29) is 6.42 Å². The van der Waals surface area contributed by atoms with Gasteiger partial charge < -0.3 is 10.1 Å². The molecule has 1 amide bonds. The zero-order chi connectivity index (χ0) is 14.6. The second-order valence-corrected chi connectivity index (χ2v) is 4.26. The minimum Gasteiger partial charge on any atom is -0.461 e. The Morgan fingerprint density at radius 3 is 2.11 bits per heavy atom. The van der Waals surface area contributed by atoms with Crippen molar-refractivity contribution in [2.24, 2.45) is 0 Å². The van der Waals surface area contributed by atoms with E-state index in [4.69, 9.17) is 4.74 Å².